The highest BCUT2D eigenvalue weighted by molar-refractivity contribution is 5.96. The predicted octanol–water partition coefficient (Wildman–Crippen LogP) is 5.71. The predicted molar refractivity (Wildman–Crippen MR) is 142 cm³/mol. The molecule has 1 saturated carbocycles. The van der Waals surface area contributed by atoms with Crippen molar-refractivity contribution in [2.75, 3.05) is 11.9 Å². The third-order valence-electron chi connectivity index (χ3n) is 7.20. The summed E-state index contributed by atoms with van der Waals surface area (Å²) < 4.78 is 41.8. The van der Waals surface area contributed by atoms with E-state index in [4.69, 9.17) is 5.11 Å². The summed E-state index contributed by atoms with van der Waals surface area (Å²) in [6.07, 6.45) is -0.126. The molecule has 11 heteroatoms. The van der Waals surface area contributed by atoms with Gasteiger partial charge in [-0.2, -0.15) is 18.3 Å². The molecule has 212 valence electrons. The van der Waals surface area contributed by atoms with Gasteiger partial charge in [-0.25, -0.2) is 4.68 Å². The van der Waals surface area contributed by atoms with Crippen LogP contribution in [0.25, 0.3) is 5.69 Å². The summed E-state index contributed by atoms with van der Waals surface area (Å²) in [6, 6.07) is 14.2. The number of rotatable bonds is 9. The van der Waals surface area contributed by atoms with E-state index in [0.29, 0.717) is 22.9 Å². The zero-order chi connectivity index (χ0) is 28.9. The van der Waals surface area contributed by atoms with Crippen LogP contribution in [0.3, 0.4) is 0 Å². The van der Waals surface area contributed by atoms with Gasteiger partial charge in [0.2, 0.25) is 5.91 Å². The molecule has 4 rings (SSSR count). The van der Waals surface area contributed by atoms with Gasteiger partial charge in [-0.1, -0.05) is 30.3 Å². The van der Waals surface area contributed by atoms with Crippen LogP contribution in [0.5, 0.6) is 0 Å². The van der Waals surface area contributed by atoms with Crippen LogP contribution in [-0.4, -0.2) is 39.2 Å². The van der Waals surface area contributed by atoms with Gasteiger partial charge in [-0.15, -0.1) is 0 Å². The van der Waals surface area contributed by atoms with Crippen LogP contribution in [0.15, 0.2) is 54.7 Å². The highest BCUT2D eigenvalue weighted by atomic mass is 19.4. The Morgan fingerprint density at radius 3 is 2.33 bits per heavy atom. The summed E-state index contributed by atoms with van der Waals surface area (Å²) in [6.45, 7) is 1.57. The minimum atomic E-state index is -4.83. The van der Waals surface area contributed by atoms with Gasteiger partial charge in [0.25, 0.3) is 5.91 Å². The van der Waals surface area contributed by atoms with Crippen LogP contribution in [-0.2, 0) is 15.8 Å². The number of alkyl halides is 3. The van der Waals surface area contributed by atoms with Crippen molar-refractivity contribution in [2.45, 2.75) is 57.5 Å². The van der Waals surface area contributed by atoms with Crippen molar-refractivity contribution in [2.24, 2.45) is 5.92 Å². The molecule has 3 aromatic rings. The van der Waals surface area contributed by atoms with Gasteiger partial charge in [-0.05, 0) is 73.8 Å². The van der Waals surface area contributed by atoms with Crippen molar-refractivity contribution in [3.8, 4) is 5.69 Å². The van der Waals surface area contributed by atoms with Gasteiger partial charge in [0, 0.05) is 31.3 Å². The number of aromatic nitrogens is 2. The fourth-order valence-corrected chi connectivity index (χ4v) is 5.09. The number of anilines is 1. The first-order valence-electron chi connectivity index (χ1n) is 13.1. The van der Waals surface area contributed by atoms with E-state index in [1.54, 1.807) is 43.3 Å². The minimum absolute atomic E-state index is 0.131. The molecule has 0 aliphatic heterocycles. The van der Waals surface area contributed by atoms with Gasteiger partial charge in [0.15, 0.2) is 5.69 Å². The lowest BCUT2D eigenvalue weighted by Crippen LogP contribution is -2.29. The van der Waals surface area contributed by atoms with Crippen LogP contribution < -0.4 is 10.6 Å². The highest BCUT2D eigenvalue weighted by Crippen LogP contribution is 2.37. The van der Waals surface area contributed by atoms with E-state index in [1.807, 2.05) is 12.1 Å². The summed E-state index contributed by atoms with van der Waals surface area (Å²) in [5.41, 5.74) is 0.892. The molecule has 1 aliphatic carbocycles. The number of nitrogens with zero attached hydrogens (tertiary/aromatic N) is 2. The van der Waals surface area contributed by atoms with Crippen molar-refractivity contribution >= 4 is 23.5 Å². The van der Waals surface area contributed by atoms with Gasteiger partial charge < -0.3 is 15.7 Å². The van der Waals surface area contributed by atoms with Crippen LogP contribution in [0.1, 0.15) is 71.6 Å². The van der Waals surface area contributed by atoms with Gasteiger partial charge in [0.05, 0.1) is 11.3 Å². The Kier molecular flexibility index (Phi) is 8.91. The van der Waals surface area contributed by atoms with E-state index in [0.717, 1.165) is 42.1 Å². The van der Waals surface area contributed by atoms with Crippen molar-refractivity contribution in [3.05, 3.63) is 77.1 Å². The third-order valence-corrected chi connectivity index (χ3v) is 7.20. The Morgan fingerprint density at radius 2 is 1.70 bits per heavy atom. The number of halogens is 3. The van der Waals surface area contributed by atoms with Crippen LogP contribution in [0.2, 0.25) is 0 Å². The van der Waals surface area contributed by atoms with Crippen LogP contribution in [0, 0.1) is 12.8 Å². The first kappa shape index (κ1) is 28.8. The Balaban J connectivity index is 1.29. The van der Waals surface area contributed by atoms with Crippen molar-refractivity contribution in [3.63, 3.8) is 0 Å². The molecule has 1 aliphatic rings. The maximum atomic E-state index is 13.6. The second kappa shape index (κ2) is 12.4. The Morgan fingerprint density at radius 1 is 1.02 bits per heavy atom. The van der Waals surface area contributed by atoms with Gasteiger partial charge in [-0.3, -0.25) is 14.4 Å². The molecule has 1 aromatic heterocycles. The molecular weight excluding hydrogens is 525 g/mol. The number of nitrogens with one attached hydrogen (secondary N) is 2. The van der Waals surface area contributed by atoms with E-state index >= 15 is 0 Å². The Bertz CT molecular complexity index is 1360. The monoisotopic (exact) mass is 556 g/mol. The van der Waals surface area contributed by atoms with Gasteiger partial charge >= 0.3 is 12.1 Å². The van der Waals surface area contributed by atoms with Crippen molar-refractivity contribution < 1.29 is 32.7 Å². The summed E-state index contributed by atoms with van der Waals surface area (Å²) in [5.74, 6) is -1.56. The van der Waals surface area contributed by atoms with E-state index in [2.05, 4.69) is 15.7 Å². The number of hydrogen-bond acceptors (Lipinski definition) is 4. The Labute approximate surface area is 229 Å². The fraction of sp³-hybridized carbons (Fsp3) is 0.379. The average molecular weight is 557 g/mol. The molecular formula is C29H31F3N4O4. The zero-order valence-corrected chi connectivity index (χ0v) is 22.0. The number of amides is 2. The minimum Gasteiger partial charge on any atom is -0.481 e. The van der Waals surface area contributed by atoms with Crippen molar-refractivity contribution in [1.29, 1.82) is 0 Å². The van der Waals surface area contributed by atoms with E-state index < -0.39 is 35.2 Å². The molecule has 2 aromatic carbocycles. The zero-order valence-electron chi connectivity index (χ0n) is 22.0. The maximum Gasteiger partial charge on any atom is 0.435 e. The lowest BCUT2D eigenvalue weighted by atomic mass is 9.77. The van der Waals surface area contributed by atoms with E-state index in [1.165, 1.54) is 0 Å². The lowest BCUT2D eigenvalue weighted by molar-refractivity contribution is -0.141. The number of aryl methyl sites for hydroxylation is 1. The highest BCUT2D eigenvalue weighted by Gasteiger charge is 2.39. The van der Waals surface area contributed by atoms with Crippen LogP contribution >= 0.6 is 0 Å². The molecule has 0 atom stereocenters. The number of benzene rings is 2. The first-order chi connectivity index (χ1) is 19.0. The number of hydrogen-bond donors (Lipinski definition) is 3. The van der Waals surface area contributed by atoms with E-state index in [-0.39, 0.29) is 25.3 Å². The molecule has 0 unspecified atom stereocenters. The molecule has 2 amide bonds. The third kappa shape index (κ3) is 7.28. The molecule has 0 radical (unpaired) electrons. The number of carbonyl (C=O) groups is 3. The SMILES string of the molecule is Cc1ccccc1-n1cc(C(=O)NCCC(=O)Nc2ccc(C3CCC(CC(=O)O)CC3)cc2)c(C(F)(F)F)n1. The first-order valence-corrected chi connectivity index (χ1v) is 13.1. The molecule has 1 fully saturated rings. The standard InChI is InChI=1S/C29H31F3N4O4/c1-18-4-2-3-5-24(18)36-17-23(27(35-36)29(30,31)32)28(40)33-15-14-25(37)34-22-12-10-21(11-13-22)20-8-6-19(7-9-20)16-26(38)39/h2-5,10-13,17,19-20H,6-9,14-16H2,1H3,(H,33,40)(H,34,37)(H,38,39). The summed E-state index contributed by atoms with van der Waals surface area (Å²) in [5, 5.41) is 17.7. The number of carboxylic acids is 1. The lowest BCUT2D eigenvalue weighted by Gasteiger charge is -2.28. The van der Waals surface area contributed by atoms with Gasteiger partial charge in [0.1, 0.15) is 0 Å². The van der Waals surface area contributed by atoms with Crippen LogP contribution in [0.4, 0.5) is 18.9 Å². The number of carboxylic acid groups (broad SMARTS) is 1. The Hall–Kier alpha value is -4.15. The largest absolute Gasteiger partial charge is 0.481 e. The topological polar surface area (TPSA) is 113 Å². The average Bonchev–Trinajstić information content (AvgIpc) is 3.36. The molecule has 0 saturated heterocycles. The molecule has 0 spiro atoms. The quantitative estimate of drug-likeness (QED) is 0.313. The molecule has 1 heterocycles. The van der Waals surface area contributed by atoms with E-state index in [9.17, 15) is 27.6 Å². The molecule has 3 N–H and O–H groups in total. The smallest absolute Gasteiger partial charge is 0.435 e. The number of aliphatic carboxylic acids is 1. The normalized spacial score (nSPS) is 17.3. The van der Waals surface area contributed by atoms with Crippen molar-refractivity contribution in [1.82, 2.24) is 15.1 Å². The molecule has 40 heavy (non-hydrogen) atoms. The molecule has 8 nitrogen and oxygen atoms in total. The molecule has 0 bridgehead atoms. The maximum absolute atomic E-state index is 13.6. The summed E-state index contributed by atoms with van der Waals surface area (Å²) in [4.78, 5) is 35.9. The second-order valence-corrected chi connectivity index (χ2v) is 10.1. The fourth-order valence-electron chi connectivity index (χ4n) is 5.09. The second-order valence-electron chi connectivity index (χ2n) is 10.1. The number of para-hydroxylation sites is 1. The summed E-state index contributed by atoms with van der Waals surface area (Å²) in [7, 11) is 0. The summed E-state index contributed by atoms with van der Waals surface area (Å²) >= 11 is 0. The number of carbonyl (C=O) groups excluding carboxylic acids is 2.